The second-order valence-electron chi connectivity index (χ2n) is 8.76. The quantitative estimate of drug-likeness (QED) is 0.673. The maximum Gasteiger partial charge on any atom is 0.344 e. The summed E-state index contributed by atoms with van der Waals surface area (Å²) < 4.78 is 10.4. The van der Waals surface area contributed by atoms with Crippen LogP contribution in [0.4, 0.5) is 0 Å². The first kappa shape index (κ1) is 20.3. The minimum absolute atomic E-state index is 0.140. The third-order valence-electron chi connectivity index (χ3n) is 5.33. The zero-order chi connectivity index (χ0) is 19.8. The first-order valence-corrected chi connectivity index (χ1v) is 9.86. The molecule has 1 aromatic rings. The van der Waals surface area contributed by atoms with E-state index in [2.05, 4.69) is 20.8 Å². The molecule has 1 saturated heterocycles. The Kier molecular flexibility index (Phi) is 5.64. The van der Waals surface area contributed by atoms with E-state index in [1.807, 2.05) is 4.90 Å². The van der Waals surface area contributed by atoms with E-state index < -0.39 is 5.97 Å². The van der Waals surface area contributed by atoms with Crippen LogP contribution in [-0.4, -0.2) is 42.6 Å². The third kappa shape index (κ3) is 4.88. The molecular weight excluding hydrogens is 389 g/mol. The van der Waals surface area contributed by atoms with Crippen molar-refractivity contribution in [3.05, 3.63) is 28.2 Å². The number of carbonyl (C=O) groups excluding carboxylic acids is 2. The first-order chi connectivity index (χ1) is 12.6. The summed E-state index contributed by atoms with van der Waals surface area (Å²) in [6.07, 6.45) is 3.12. The van der Waals surface area contributed by atoms with E-state index in [-0.39, 0.29) is 36.0 Å². The van der Waals surface area contributed by atoms with Gasteiger partial charge in [0.1, 0.15) is 5.75 Å². The van der Waals surface area contributed by atoms with Gasteiger partial charge in [0.25, 0.3) is 5.91 Å². The number of nitrogens with zero attached hydrogens (tertiary/aromatic N) is 1. The third-order valence-corrected chi connectivity index (χ3v) is 5.86. The lowest BCUT2D eigenvalue weighted by Crippen LogP contribution is -2.40. The first-order valence-electron chi connectivity index (χ1n) is 9.10. The number of ether oxygens (including phenoxy) is 2. The molecule has 5 nitrogen and oxygen atoms in total. The Balaban J connectivity index is 1.48. The number of hydrogen-bond donors (Lipinski definition) is 0. The highest BCUT2D eigenvalue weighted by molar-refractivity contribution is 6.35. The highest BCUT2D eigenvalue weighted by atomic mass is 35.5. The number of esters is 1. The number of benzene rings is 1. The Morgan fingerprint density at radius 1 is 1.19 bits per heavy atom. The average Bonchev–Trinajstić information content (AvgIpc) is 2.80. The second-order valence-corrected chi connectivity index (χ2v) is 9.60. The van der Waals surface area contributed by atoms with E-state index in [9.17, 15) is 9.59 Å². The van der Waals surface area contributed by atoms with Crippen molar-refractivity contribution in [3.63, 3.8) is 0 Å². The summed E-state index contributed by atoms with van der Waals surface area (Å²) in [5.41, 5.74) is 0.385. The molecule has 1 aromatic carbocycles. The van der Waals surface area contributed by atoms with Gasteiger partial charge in [0.15, 0.2) is 13.2 Å². The van der Waals surface area contributed by atoms with Crippen molar-refractivity contribution in [2.45, 2.75) is 46.1 Å². The van der Waals surface area contributed by atoms with Gasteiger partial charge >= 0.3 is 5.97 Å². The summed E-state index contributed by atoms with van der Waals surface area (Å²) in [4.78, 5) is 26.4. The van der Waals surface area contributed by atoms with Crippen molar-refractivity contribution in [2.24, 2.45) is 10.8 Å². The molecule has 3 rings (SSSR count). The van der Waals surface area contributed by atoms with Crippen LogP contribution in [-0.2, 0) is 14.3 Å². The molecule has 2 atom stereocenters. The molecule has 1 aliphatic carbocycles. The van der Waals surface area contributed by atoms with Crippen LogP contribution < -0.4 is 4.74 Å². The summed E-state index contributed by atoms with van der Waals surface area (Å²) >= 11 is 11.8. The fourth-order valence-corrected chi connectivity index (χ4v) is 5.21. The van der Waals surface area contributed by atoms with E-state index in [4.69, 9.17) is 32.7 Å². The number of carbonyl (C=O) groups is 2. The number of halogens is 2. The van der Waals surface area contributed by atoms with Gasteiger partial charge in [-0.25, -0.2) is 4.79 Å². The maximum atomic E-state index is 12.6. The van der Waals surface area contributed by atoms with Gasteiger partial charge in [0, 0.05) is 17.6 Å². The normalized spacial score (nSPS) is 26.0. The topological polar surface area (TPSA) is 55.8 Å². The minimum atomic E-state index is -0.608. The van der Waals surface area contributed by atoms with Crippen LogP contribution in [0.3, 0.4) is 0 Å². The van der Waals surface area contributed by atoms with Crippen molar-refractivity contribution in [1.82, 2.24) is 4.90 Å². The predicted octanol–water partition coefficient (Wildman–Crippen LogP) is 4.34. The van der Waals surface area contributed by atoms with Crippen molar-refractivity contribution >= 4 is 35.1 Å². The predicted molar refractivity (Wildman–Crippen MR) is 104 cm³/mol. The van der Waals surface area contributed by atoms with Gasteiger partial charge in [-0.1, -0.05) is 44.0 Å². The molecule has 1 saturated carbocycles. The molecule has 0 radical (unpaired) electrons. The number of fused-ring (bicyclic) bond motifs is 2. The SMILES string of the molecule is CC1(C)C[C@H]2C[C@](C)(CN2C(=O)COC(=O)COc2ccc(Cl)cc2Cl)C1. The minimum Gasteiger partial charge on any atom is -0.480 e. The summed E-state index contributed by atoms with van der Waals surface area (Å²) in [5, 5.41) is 0.791. The van der Waals surface area contributed by atoms with Gasteiger partial charge < -0.3 is 14.4 Å². The molecule has 0 N–H and O–H groups in total. The molecule has 2 bridgehead atoms. The van der Waals surface area contributed by atoms with Gasteiger partial charge in [-0.15, -0.1) is 0 Å². The Labute approximate surface area is 169 Å². The zero-order valence-electron chi connectivity index (χ0n) is 15.9. The number of rotatable bonds is 5. The lowest BCUT2D eigenvalue weighted by molar-refractivity contribution is -0.154. The molecule has 0 aromatic heterocycles. The number of likely N-dealkylation sites (tertiary alicyclic amines) is 1. The van der Waals surface area contributed by atoms with Crippen LogP contribution in [0.2, 0.25) is 10.0 Å². The molecular formula is C20H25Cl2NO4. The molecule has 0 spiro atoms. The van der Waals surface area contributed by atoms with Crippen LogP contribution >= 0.6 is 23.2 Å². The smallest absolute Gasteiger partial charge is 0.344 e. The highest BCUT2D eigenvalue weighted by Crippen LogP contribution is 2.52. The lowest BCUT2D eigenvalue weighted by Gasteiger charge is -2.39. The van der Waals surface area contributed by atoms with Crippen LogP contribution in [0.5, 0.6) is 5.75 Å². The van der Waals surface area contributed by atoms with Crippen LogP contribution in [0.1, 0.15) is 40.0 Å². The molecule has 1 aliphatic heterocycles. The average molecular weight is 414 g/mol. The van der Waals surface area contributed by atoms with Crippen LogP contribution in [0, 0.1) is 10.8 Å². The van der Waals surface area contributed by atoms with E-state index in [0.717, 1.165) is 25.8 Å². The Hall–Kier alpha value is -1.46. The van der Waals surface area contributed by atoms with Crippen molar-refractivity contribution in [2.75, 3.05) is 19.8 Å². The van der Waals surface area contributed by atoms with E-state index in [0.29, 0.717) is 15.8 Å². The number of amides is 1. The Morgan fingerprint density at radius 2 is 1.93 bits per heavy atom. The van der Waals surface area contributed by atoms with Crippen LogP contribution in [0.15, 0.2) is 18.2 Å². The van der Waals surface area contributed by atoms with Gasteiger partial charge in [0.2, 0.25) is 0 Å². The summed E-state index contributed by atoms with van der Waals surface area (Å²) in [5.74, 6) is -0.407. The van der Waals surface area contributed by atoms with Crippen molar-refractivity contribution in [3.8, 4) is 5.75 Å². The van der Waals surface area contributed by atoms with Gasteiger partial charge in [-0.2, -0.15) is 0 Å². The van der Waals surface area contributed by atoms with E-state index in [1.54, 1.807) is 12.1 Å². The summed E-state index contributed by atoms with van der Waals surface area (Å²) in [6, 6.07) is 4.95. The molecule has 1 heterocycles. The molecule has 1 amide bonds. The van der Waals surface area contributed by atoms with E-state index in [1.165, 1.54) is 6.07 Å². The molecule has 0 unspecified atom stereocenters. The monoisotopic (exact) mass is 413 g/mol. The maximum absolute atomic E-state index is 12.6. The standard InChI is InChI=1S/C20H25Cl2NO4/c1-19(2)7-14-8-20(3,11-19)12-23(14)17(24)9-27-18(25)10-26-16-5-4-13(21)6-15(16)22/h4-6,14H,7-12H2,1-3H3/t14-,20-/m0/s1. The molecule has 148 valence electrons. The molecule has 2 fully saturated rings. The van der Waals surface area contributed by atoms with Gasteiger partial charge in [-0.05, 0) is 48.3 Å². The number of hydrogen-bond acceptors (Lipinski definition) is 4. The second kappa shape index (κ2) is 7.51. The van der Waals surface area contributed by atoms with Gasteiger partial charge in [0.05, 0.1) is 5.02 Å². The Morgan fingerprint density at radius 3 is 2.63 bits per heavy atom. The summed E-state index contributed by atoms with van der Waals surface area (Å²) in [7, 11) is 0. The molecule has 2 aliphatic rings. The molecule has 7 heteroatoms. The fourth-order valence-electron chi connectivity index (χ4n) is 4.75. The highest BCUT2D eigenvalue weighted by Gasteiger charge is 2.50. The summed E-state index contributed by atoms with van der Waals surface area (Å²) in [6.45, 7) is 6.90. The van der Waals surface area contributed by atoms with Crippen molar-refractivity contribution < 1.29 is 19.1 Å². The Bertz CT molecular complexity index is 751. The van der Waals surface area contributed by atoms with Crippen LogP contribution in [0.25, 0.3) is 0 Å². The molecule has 27 heavy (non-hydrogen) atoms. The van der Waals surface area contributed by atoms with Crippen molar-refractivity contribution in [1.29, 1.82) is 0 Å². The van der Waals surface area contributed by atoms with Gasteiger partial charge in [-0.3, -0.25) is 4.79 Å². The van der Waals surface area contributed by atoms with E-state index >= 15 is 0 Å². The lowest BCUT2D eigenvalue weighted by atomic mass is 9.65. The largest absolute Gasteiger partial charge is 0.480 e. The fraction of sp³-hybridized carbons (Fsp3) is 0.600. The zero-order valence-corrected chi connectivity index (χ0v) is 17.4.